The number of aryl methyl sites for hydroxylation is 1. The van der Waals surface area contributed by atoms with Crippen molar-refractivity contribution in [1.82, 2.24) is 14.8 Å². The third kappa shape index (κ3) is 3.43. The number of hydrogen-bond acceptors (Lipinski definition) is 2. The van der Waals surface area contributed by atoms with Gasteiger partial charge in [0, 0.05) is 18.3 Å². The van der Waals surface area contributed by atoms with E-state index in [0.717, 1.165) is 30.7 Å². The minimum absolute atomic E-state index is 0.105. The van der Waals surface area contributed by atoms with Crippen LogP contribution in [0.1, 0.15) is 17.5 Å². The number of aromatic nitrogens is 3. The van der Waals surface area contributed by atoms with Gasteiger partial charge in [-0.3, -0.25) is 0 Å². The molecule has 0 spiro atoms. The Bertz CT molecular complexity index is 596. The highest BCUT2D eigenvalue weighted by Gasteiger charge is 2.31. The predicted molar refractivity (Wildman–Crippen MR) is 70.4 cm³/mol. The third-order valence-electron chi connectivity index (χ3n) is 2.60. The number of alkyl halides is 4. The molecule has 2 aromatic rings. The smallest absolute Gasteiger partial charge is 0.235 e. The summed E-state index contributed by atoms with van der Waals surface area (Å²) in [7, 11) is 0. The molecule has 0 aliphatic rings. The largest absolute Gasteiger partial charge is 0.417 e. The molecule has 0 aliphatic carbocycles. The second kappa shape index (κ2) is 6.01. The van der Waals surface area contributed by atoms with Crippen LogP contribution in [0.3, 0.4) is 0 Å². The number of rotatable bonds is 4. The van der Waals surface area contributed by atoms with Crippen LogP contribution >= 0.6 is 23.2 Å². The fraction of sp³-hybridized carbons (Fsp3) is 0.333. The number of halogens is 5. The lowest BCUT2D eigenvalue weighted by atomic mass is 10.2. The van der Waals surface area contributed by atoms with Crippen molar-refractivity contribution < 1.29 is 13.2 Å². The van der Waals surface area contributed by atoms with Gasteiger partial charge in [-0.15, -0.1) is 11.6 Å². The zero-order valence-corrected chi connectivity index (χ0v) is 11.7. The van der Waals surface area contributed by atoms with Crippen LogP contribution in [0.5, 0.6) is 0 Å². The van der Waals surface area contributed by atoms with Crippen LogP contribution < -0.4 is 0 Å². The Balaban J connectivity index is 2.27. The standard InChI is InChI=1S/C12H10Cl2F3N3/c13-3-1-2-8-5-19-20(7-8)11-10(14)4-9(6-18-11)12(15,16)17/h4-7H,1-3H2. The van der Waals surface area contributed by atoms with E-state index in [1.807, 2.05) is 0 Å². The van der Waals surface area contributed by atoms with Crippen LogP contribution in [0.25, 0.3) is 5.82 Å². The molecule has 8 heteroatoms. The zero-order valence-electron chi connectivity index (χ0n) is 10.2. The molecule has 0 saturated carbocycles. The topological polar surface area (TPSA) is 30.7 Å². The summed E-state index contributed by atoms with van der Waals surface area (Å²) in [6.45, 7) is 0. The van der Waals surface area contributed by atoms with E-state index >= 15 is 0 Å². The van der Waals surface area contributed by atoms with E-state index in [1.54, 1.807) is 12.4 Å². The van der Waals surface area contributed by atoms with Crippen molar-refractivity contribution in [2.24, 2.45) is 0 Å². The maximum Gasteiger partial charge on any atom is 0.417 e. The van der Waals surface area contributed by atoms with Crippen molar-refractivity contribution in [2.75, 3.05) is 5.88 Å². The van der Waals surface area contributed by atoms with Crippen LogP contribution in [-0.4, -0.2) is 20.6 Å². The van der Waals surface area contributed by atoms with E-state index in [0.29, 0.717) is 5.88 Å². The molecule has 0 aromatic carbocycles. The molecule has 0 aliphatic heterocycles. The molecule has 0 bridgehead atoms. The Morgan fingerprint density at radius 1 is 1.25 bits per heavy atom. The molecule has 20 heavy (non-hydrogen) atoms. The van der Waals surface area contributed by atoms with Crippen LogP contribution in [0, 0.1) is 0 Å². The highest BCUT2D eigenvalue weighted by atomic mass is 35.5. The van der Waals surface area contributed by atoms with Crippen molar-refractivity contribution in [3.8, 4) is 5.82 Å². The summed E-state index contributed by atoms with van der Waals surface area (Å²) in [6, 6.07) is 0.837. The first-order chi connectivity index (χ1) is 9.41. The summed E-state index contributed by atoms with van der Waals surface area (Å²) in [4.78, 5) is 3.73. The fourth-order valence-corrected chi connectivity index (χ4v) is 2.02. The van der Waals surface area contributed by atoms with Crippen molar-refractivity contribution in [2.45, 2.75) is 19.0 Å². The third-order valence-corrected chi connectivity index (χ3v) is 3.15. The van der Waals surface area contributed by atoms with E-state index < -0.39 is 11.7 Å². The van der Waals surface area contributed by atoms with E-state index in [-0.39, 0.29) is 10.8 Å². The molecule has 2 heterocycles. The van der Waals surface area contributed by atoms with Crippen molar-refractivity contribution in [3.05, 3.63) is 40.8 Å². The molecule has 0 fully saturated rings. The molecule has 0 N–H and O–H groups in total. The van der Waals surface area contributed by atoms with Crippen molar-refractivity contribution >= 4 is 23.2 Å². The quantitative estimate of drug-likeness (QED) is 0.793. The van der Waals surface area contributed by atoms with Gasteiger partial charge >= 0.3 is 6.18 Å². The number of hydrogen-bond donors (Lipinski definition) is 0. The van der Waals surface area contributed by atoms with Gasteiger partial charge in [-0.25, -0.2) is 9.67 Å². The van der Waals surface area contributed by atoms with Gasteiger partial charge in [-0.1, -0.05) is 11.6 Å². The van der Waals surface area contributed by atoms with Gasteiger partial charge in [-0.2, -0.15) is 18.3 Å². The first kappa shape index (κ1) is 15.1. The Kier molecular flexibility index (Phi) is 4.55. The van der Waals surface area contributed by atoms with Gasteiger partial charge in [0.1, 0.15) is 0 Å². The van der Waals surface area contributed by atoms with Crippen LogP contribution in [0.4, 0.5) is 13.2 Å². The monoisotopic (exact) mass is 323 g/mol. The summed E-state index contributed by atoms with van der Waals surface area (Å²) in [5.74, 6) is 0.696. The summed E-state index contributed by atoms with van der Waals surface area (Å²) in [5.41, 5.74) is 0.0317. The fourth-order valence-electron chi connectivity index (χ4n) is 1.63. The molecular formula is C12H10Cl2F3N3. The maximum atomic E-state index is 12.5. The summed E-state index contributed by atoms with van der Waals surface area (Å²) in [6.07, 6.45) is 1.09. The molecular weight excluding hydrogens is 314 g/mol. The molecule has 0 radical (unpaired) electrons. The molecule has 3 nitrogen and oxygen atoms in total. The minimum atomic E-state index is -4.47. The lowest BCUT2D eigenvalue weighted by molar-refractivity contribution is -0.137. The molecule has 0 unspecified atom stereocenters. The van der Waals surface area contributed by atoms with Gasteiger partial charge < -0.3 is 0 Å². The summed E-state index contributed by atoms with van der Waals surface area (Å²) in [5, 5.41) is 3.93. The second-order valence-electron chi connectivity index (χ2n) is 4.11. The van der Waals surface area contributed by atoms with Crippen molar-refractivity contribution in [3.63, 3.8) is 0 Å². The molecule has 0 atom stereocenters. The number of nitrogens with zero attached hydrogens (tertiary/aromatic N) is 3. The van der Waals surface area contributed by atoms with Gasteiger partial charge in [0.05, 0.1) is 16.8 Å². The molecule has 108 valence electrons. The lowest BCUT2D eigenvalue weighted by Gasteiger charge is -2.08. The first-order valence-electron chi connectivity index (χ1n) is 5.74. The minimum Gasteiger partial charge on any atom is -0.235 e. The molecule has 2 aromatic heterocycles. The van der Waals surface area contributed by atoms with Crippen LogP contribution in [0.2, 0.25) is 5.02 Å². The average molecular weight is 324 g/mol. The highest BCUT2D eigenvalue weighted by Crippen LogP contribution is 2.31. The summed E-state index contributed by atoms with van der Waals surface area (Å²) < 4.78 is 38.9. The van der Waals surface area contributed by atoms with E-state index in [9.17, 15) is 13.2 Å². The lowest BCUT2D eigenvalue weighted by Crippen LogP contribution is -2.07. The highest BCUT2D eigenvalue weighted by molar-refractivity contribution is 6.32. The maximum absolute atomic E-state index is 12.5. The van der Waals surface area contributed by atoms with Gasteiger partial charge in [0.25, 0.3) is 0 Å². The van der Waals surface area contributed by atoms with Gasteiger partial charge in [0.15, 0.2) is 5.82 Å². The van der Waals surface area contributed by atoms with Gasteiger partial charge in [0.2, 0.25) is 0 Å². The molecule has 2 rings (SSSR count). The van der Waals surface area contributed by atoms with E-state index in [1.165, 1.54) is 4.68 Å². The average Bonchev–Trinajstić information content (AvgIpc) is 2.83. The molecule has 0 saturated heterocycles. The van der Waals surface area contributed by atoms with E-state index in [2.05, 4.69) is 10.1 Å². The van der Waals surface area contributed by atoms with Crippen LogP contribution in [0.15, 0.2) is 24.7 Å². The second-order valence-corrected chi connectivity index (χ2v) is 4.90. The first-order valence-corrected chi connectivity index (χ1v) is 6.65. The Labute approximate surface area is 123 Å². The SMILES string of the molecule is FC(F)(F)c1cnc(-n2cc(CCCCl)cn2)c(Cl)c1. The predicted octanol–water partition coefficient (Wildman–Crippen LogP) is 4.11. The summed E-state index contributed by atoms with van der Waals surface area (Å²) >= 11 is 11.4. The van der Waals surface area contributed by atoms with Crippen LogP contribution in [-0.2, 0) is 12.6 Å². The van der Waals surface area contributed by atoms with E-state index in [4.69, 9.17) is 23.2 Å². The Hall–Kier alpha value is -1.27. The van der Waals surface area contributed by atoms with Crippen molar-refractivity contribution in [1.29, 1.82) is 0 Å². The Morgan fingerprint density at radius 2 is 2.00 bits per heavy atom. The van der Waals surface area contributed by atoms with Gasteiger partial charge in [-0.05, 0) is 24.5 Å². The number of pyridine rings is 1. The Morgan fingerprint density at radius 3 is 2.60 bits per heavy atom. The normalized spacial score (nSPS) is 11.8. The zero-order chi connectivity index (χ0) is 14.8. The molecule has 0 amide bonds.